The fraction of sp³-hybridized carbons (Fsp3) is 0.174. The molecule has 0 atom stereocenters. The molecule has 3 aromatic rings. The van der Waals surface area contributed by atoms with Crippen LogP contribution in [0.4, 0.5) is 37.7 Å². The summed E-state index contributed by atoms with van der Waals surface area (Å²) in [5.74, 6) is -1.54. The van der Waals surface area contributed by atoms with Gasteiger partial charge in [0.25, 0.3) is 10.0 Å². The highest BCUT2D eigenvalue weighted by molar-refractivity contribution is 7.92. The van der Waals surface area contributed by atoms with E-state index in [0.29, 0.717) is 15.9 Å². The van der Waals surface area contributed by atoms with Crippen LogP contribution in [-0.2, 0) is 21.0 Å². The van der Waals surface area contributed by atoms with Crippen molar-refractivity contribution in [1.29, 1.82) is 0 Å². The molecule has 0 aliphatic rings. The lowest BCUT2D eigenvalue weighted by atomic mass is 10.2. The monoisotopic (exact) mass is 566 g/mol. The predicted octanol–water partition coefficient (Wildman–Crippen LogP) is 6.40. The lowest BCUT2D eigenvalue weighted by molar-refractivity contribution is -0.274. The zero-order valence-electron chi connectivity index (χ0n) is 18.7. The summed E-state index contributed by atoms with van der Waals surface area (Å²) >= 11 is 5.65. The van der Waals surface area contributed by atoms with E-state index in [1.807, 2.05) is 0 Å². The fourth-order valence-corrected chi connectivity index (χ4v) is 4.75. The zero-order chi connectivity index (χ0) is 27.6. The van der Waals surface area contributed by atoms with Crippen molar-refractivity contribution in [3.8, 4) is 5.75 Å². The minimum Gasteiger partial charge on any atom is -0.406 e. The van der Waals surface area contributed by atoms with Gasteiger partial charge in [-0.2, -0.15) is 13.2 Å². The van der Waals surface area contributed by atoms with Gasteiger partial charge in [0, 0.05) is 5.69 Å². The van der Waals surface area contributed by atoms with Crippen LogP contribution in [0.15, 0.2) is 71.6 Å². The van der Waals surface area contributed by atoms with E-state index in [9.17, 15) is 39.6 Å². The van der Waals surface area contributed by atoms with Crippen molar-refractivity contribution < 1.29 is 44.3 Å². The third kappa shape index (κ3) is 7.29. The number of alkyl halides is 6. The number of nitrogens with one attached hydrogen (secondary N) is 1. The van der Waals surface area contributed by atoms with E-state index in [-0.39, 0.29) is 10.6 Å². The first kappa shape index (κ1) is 28.1. The number of hydrogen-bond donors (Lipinski definition) is 1. The average molecular weight is 567 g/mol. The van der Waals surface area contributed by atoms with Crippen LogP contribution in [0.2, 0.25) is 5.02 Å². The summed E-state index contributed by atoms with van der Waals surface area (Å²) in [6.07, 6.45) is -9.83. The molecule has 0 aliphatic carbocycles. The SMILES string of the molecule is Cc1ccc(S(=O)(=O)N(CC(=O)Nc2ccc(OC(F)(F)F)cc2)c2ccc(Cl)c(C(F)(F)F)c2)cc1. The van der Waals surface area contributed by atoms with E-state index in [1.54, 1.807) is 6.92 Å². The largest absolute Gasteiger partial charge is 0.573 e. The van der Waals surface area contributed by atoms with E-state index < -0.39 is 57.0 Å². The highest BCUT2D eigenvalue weighted by Gasteiger charge is 2.36. The minimum absolute atomic E-state index is 0.0145. The number of carbonyl (C=O) groups excluding carboxylic acids is 1. The van der Waals surface area contributed by atoms with Crippen LogP contribution in [0.5, 0.6) is 5.75 Å². The molecule has 1 amide bonds. The first-order chi connectivity index (χ1) is 17.1. The Balaban J connectivity index is 1.95. The van der Waals surface area contributed by atoms with E-state index >= 15 is 0 Å². The molecule has 0 saturated carbocycles. The maximum absolute atomic E-state index is 13.4. The van der Waals surface area contributed by atoms with Crippen LogP contribution in [-0.4, -0.2) is 27.2 Å². The second-order valence-corrected chi connectivity index (χ2v) is 9.88. The molecule has 1 N–H and O–H groups in total. The first-order valence-corrected chi connectivity index (χ1v) is 12.0. The number of ether oxygens (including phenoxy) is 1. The van der Waals surface area contributed by atoms with Crippen molar-refractivity contribution in [1.82, 2.24) is 0 Å². The Morgan fingerprint density at radius 1 is 0.946 bits per heavy atom. The molecule has 3 aromatic carbocycles. The van der Waals surface area contributed by atoms with Crippen molar-refractivity contribution in [3.63, 3.8) is 0 Å². The molecule has 198 valence electrons. The highest BCUT2D eigenvalue weighted by Crippen LogP contribution is 2.38. The van der Waals surface area contributed by atoms with Gasteiger partial charge in [-0.3, -0.25) is 9.10 Å². The maximum Gasteiger partial charge on any atom is 0.573 e. The van der Waals surface area contributed by atoms with Gasteiger partial charge in [0.2, 0.25) is 5.91 Å². The molecule has 0 radical (unpaired) electrons. The van der Waals surface area contributed by atoms with Gasteiger partial charge in [-0.25, -0.2) is 8.42 Å². The van der Waals surface area contributed by atoms with Crippen molar-refractivity contribution in [2.45, 2.75) is 24.4 Å². The molecule has 0 aromatic heterocycles. The summed E-state index contributed by atoms with van der Waals surface area (Å²) in [6.45, 7) is 0.734. The normalized spacial score (nSPS) is 12.2. The first-order valence-electron chi connectivity index (χ1n) is 10.2. The van der Waals surface area contributed by atoms with Crippen molar-refractivity contribution in [2.24, 2.45) is 0 Å². The number of anilines is 2. The highest BCUT2D eigenvalue weighted by atomic mass is 35.5. The Hall–Kier alpha value is -3.45. The minimum atomic E-state index is -4.93. The van der Waals surface area contributed by atoms with E-state index in [0.717, 1.165) is 36.4 Å². The zero-order valence-corrected chi connectivity index (χ0v) is 20.3. The second-order valence-electron chi connectivity index (χ2n) is 7.61. The predicted molar refractivity (Wildman–Crippen MR) is 124 cm³/mol. The van der Waals surface area contributed by atoms with Crippen LogP contribution in [0.25, 0.3) is 0 Å². The Morgan fingerprint density at radius 3 is 2.08 bits per heavy atom. The maximum atomic E-state index is 13.4. The number of rotatable bonds is 7. The van der Waals surface area contributed by atoms with Crippen molar-refractivity contribution in [3.05, 3.63) is 82.9 Å². The van der Waals surface area contributed by atoms with Crippen LogP contribution < -0.4 is 14.4 Å². The molecule has 0 unspecified atom stereocenters. The number of nitrogens with zero attached hydrogens (tertiary/aromatic N) is 1. The number of carbonyl (C=O) groups is 1. The Labute approximate surface area is 212 Å². The van der Waals surface area contributed by atoms with E-state index in [1.165, 1.54) is 24.3 Å². The molecule has 0 heterocycles. The van der Waals surface area contributed by atoms with Gasteiger partial charge < -0.3 is 10.1 Å². The summed E-state index contributed by atoms with van der Waals surface area (Å²) < 4.78 is 108. The third-order valence-corrected chi connectivity index (χ3v) is 6.93. The third-order valence-electron chi connectivity index (χ3n) is 4.81. The average Bonchev–Trinajstić information content (AvgIpc) is 2.78. The van der Waals surface area contributed by atoms with Gasteiger partial charge in [-0.1, -0.05) is 29.3 Å². The molecule has 37 heavy (non-hydrogen) atoms. The summed E-state index contributed by atoms with van der Waals surface area (Å²) in [5.41, 5.74) is -1.09. The van der Waals surface area contributed by atoms with Gasteiger partial charge in [-0.15, -0.1) is 13.2 Å². The number of amides is 1. The number of sulfonamides is 1. The Bertz CT molecular complexity index is 1380. The Kier molecular flexibility index (Phi) is 7.98. The molecule has 0 spiro atoms. The van der Waals surface area contributed by atoms with Crippen LogP contribution in [0.1, 0.15) is 11.1 Å². The molecule has 0 saturated heterocycles. The lowest BCUT2D eigenvalue weighted by Crippen LogP contribution is -2.38. The number of benzene rings is 3. The molecule has 6 nitrogen and oxygen atoms in total. The van der Waals surface area contributed by atoms with Crippen molar-refractivity contribution >= 4 is 38.9 Å². The quantitative estimate of drug-likeness (QED) is 0.336. The van der Waals surface area contributed by atoms with E-state index in [2.05, 4.69) is 10.1 Å². The summed E-state index contributed by atoms with van der Waals surface area (Å²) in [5, 5.41) is 1.62. The fourth-order valence-electron chi connectivity index (χ4n) is 3.11. The lowest BCUT2D eigenvalue weighted by Gasteiger charge is -2.25. The molecule has 0 fully saturated rings. The summed E-state index contributed by atoms with van der Waals surface area (Å²) in [7, 11) is -4.54. The van der Waals surface area contributed by atoms with Gasteiger partial charge in [0.1, 0.15) is 12.3 Å². The molecular weight excluding hydrogens is 550 g/mol. The number of aryl methyl sites for hydroxylation is 1. The summed E-state index contributed by atoms with van der Waals surface area (Å²) in [6, 6.07) is 11.8. The van der Waals surface area contributed by atoms with Gasteiger partial charge >= 0.3 is 12.5 Å². The smallest absolute Gasteiger partial charge is 0.406 e. The topological polar surface area (TPSA) is 75.7 Å². The molecule has 0 aliphatic heterocycles. The number of halogens is 7. The Morgan fingerprint density at radius 2 is 1.54 bits per heavy atom. The second kappa shape index (κ2) is 10.5. The molecular formula is C23H17ClF6N2O4S. The van der Waals surface area contributed by atoms with Crippen LogP contribution >= 0.6 is 11.6 Å². The standard InChI is InChI=1S/C23H17ClF6N2O4S/c1-14-2-9-18(10-3-14)37(34,35)32(16-6-11-20(24)19(12-16)22(25,26)27)13-21(33)31-15-4-7-17(8-5-15)36-23(28,29)30/h2-12H,13H2,1H3,(H,31,33). The van der Waals surface area contributed by atoms with Crippen LogP contribution in [0, 0.1) is 6.92 Å². The van der Waals surface area contributed by atoms with Gasteiger partial charge in [0.15, 0.2) is 0 Å². The molecule has 0 bridgehead atoms. The number of hydrogen-bond acceptors (Lipinski definition) is 4. The van der Waals surface area contributed by atoms with Crippen LogP contribution in [0.3, 0.4) is 0 Å². The molecule has 3 rings (SSSR count). The van der Waals surface area contributed by atoms with Crippen molar-refractivity contribution in [2.75, 3.05) is 16.2 Å². The van der Waals surface area contributed by atoms with Gasteiger partial charge in [0.05, 0.1) is 21.2 Å². The van der Waals surface area contributed by atoms with E-state index in [4.69, 9.17) is 11.6 Å². The summed E-state index contributed by atoms with van der Waals surface area (Å²) in [4.78, 5) is 12.4. The molecule has 14 heteroatoms. The van der Waals surface area contributed by atoms with Gasteiger partial charge in [-0.05, 0) is 61.5 Å².